The Kier molecular flexibility index (Phi) is 1.89. The number of para-hydroxylation sites is 1. The maximum absolute atomic E-state index is 4.47. The molecule has 1 atom stereocenters. The fraction of sp³-hybridized carbons (Fsp3) is 0.250. The number of nitrogens with zero attached hydrogens (tertiary/aromatic N) is 4. The van der Waals surface area contributed by atoms with E-state index < -0.39 is 0 Å². The normalized spacial score (nSPS) is 17.8. The zero-order chi connectivity index (χ0) is 11.1. The van der Waals surface area contributed by atoms with Crippen LogP contribution in [-0.4, -0.2) is 21.0 Å². The molecule has 0 N–H and O–H groups in total. The first-order chi connectivity index (χ1) is 7.75. The molecule has 4 nitrogen and oxygen atoms in total. The molecule has 16 heavy (non-hydrogen) atoms. The summed E-state index contributed by atoms with van der Waals surface area (Å²) in [7, 11) is 0. The number of hydrogen-bond acceptors (Lipinski definition) is 3. The van der Waals surface area contributed by atoms with Gasteiger partial charge >= 0.3 is 0 Å². The molecule has 0 aliphatic carbocycles. The molecule has 2 aromatic rings. The first kappa shape index (κ1) is 9.27. The molecule has 0 saturated carbocycles. The van der Waals surface area contributed by atoms with Gasteiger partial charge in [-0.15, -0.1) is 0 Å². The van der Waals surface area contributed by atoms with Crippen molar-refractivity contribution in [3.05, 3.63) is 41.5 Å². The Hall–Kier alpha value is -1.97. The minimum atomic E-state index is 0.0496. The van der Waals surface area contributed by atoms with Crippen LogP contribution in [0.2, 0.25) is 0 Å². The lowest BCUT2D eigenvalue weighted by atomic mass is 10.2. The van der Waals surface area contributed by atoms with Gasteiger partial charge in [0.25, 0.3) is 0 Å². The van der Waals surface area contributed by atoms with Crippen LogP contribution in [0.3, 0.4) is 0 Å². The van der Waals surface area contributed by atoms with Crippen LogP contribution < -0.4 is 0 Å². The minimum absolute atomic E-state index is 0.0496. The van der Waals surface area contributed by atoms with E-state index >= 15 is 0 Å². The van der Waals surface area contributed by atoms with Crippen LogP contribution in [-0.2, 0) is 0 Å². The second-order valence-electron chi connectivity index (χ2n) is 3.94. The van der Waals surface area contributed by atoms with Crippen molar-refractivity contribution >= 4 is 6.21 Å². The summed E-state index contributed by atoms with van der Waals surface area (Å²) in [4.78, 5) is 8.90. The fourth-order valence-corrected chi connectivity index (χ4v) is 1.93. The van der Waals surface area contributed by atoms with Crippen LogP contribution in [0.25, 0.3) is 5.69 Å². The molecular weight excluding hydrogens is 200 g/mol. The zero-order valence-corrected chi connectivity index (χ0v) is 9.25. The van der Waals surface area contributed by atoms with Crippen LogP contribution in [0.4, 0.5) is 0 Å². The van der Waals surface area contributed by atoms with Crippen molar-refractivity contribution in [2.75, 3.05) is 0 Å². The smallest absolute Gasteiger partial charge is 0.156 e. The lowest BCUT2D eigenvalue weighted by Gasteiger charge is -2.06. The van der Waals surface area contributed by atoms with Crippen LogP contribution in [0.1, 0.15) is 30.2 Å². The molecule has 1 aromatic heterocycles. The topological polar surface area (TPSA) is 43.1 Å². The summed E-state index contributed by atoms with van der Waals surface area (Å²) in [6.45, 7) is 3.93. The van der Waals surface area contributed by atoms with Crippen LogP contribution >= 0.6 is 0 Å². The largest absolute Gasteiger partial charge is 0.281 e. The third-order valence-corrected chi connectivity index (χ3v) is 2.71. The van der Waals surface area contributed by atoms with Crippen molar-refractivity contribution < 1.29 is 0 Å². The maximum Gasteiger partial charge on any atom is 0.156 e. The fourth-order valence-electron chi connectivity index (χ4n) is 1.93. The summed E-state index contributed by atoms with van der Waals surface area (Å²) in [6.07, 6.45) is 1.89. The van der Waals surface area contributed by atoms with E-state index in [-0.39, 0.29) is 6.04 Å². The summed E-state index contributed by atoms with van der Waals surface area (Å²) in [6, 6.07) is 8.14. The first-order valence-electron chi connectivity index (χ1n) is 5.32. The number of fused-ring (bicyclic) bond motifs is 3. The summed E-state index contributed by atoms with van der Waals surface area (Å²) < 4.78 is 1.89. The van der Waals surface area contributed by atoms with E-state index in [1.807, 2.05) is 49.0 Å². The van der Waals surface area contributed by atoms with Gasteiger partial charge in [0, 0.05) is 11.8 Å². The van der Waals surface area contributed by atoms with Crippen molar-refractivity contribution in [2.45, 2.75) is 19.9 Å². The summed E-state index contributed by atoms with van der Waals surface area (Å²) >= 11 is 0. The van der Waals surface area contributed by atoms with Gasteiger partial charge in [0.05, 0.1) is 5.69 Å². The van der Waals surface area contributed by atoms with Crippen molar-refractivity contribution in [3.8, 4) is 5.69 Å². The van der Waals surface area contributed by atoms with E-state index in [9.17, 15) is 0 Å². The number of aromatic nitrogens is 3. The van der Waals surface area contributed by atoms with Gasteiger partial charge in [-0.05, 0) is 19.9 Å². The third-order valence-electron chi connectivity index (χ3n) is 2.71. The van der Waals surface area contributed by atoms with Gasteiger partial charge in [-0.2, -0.15) is 5.10 Å². The Bertz CT molecular complexity index is 568. The number of hydrogen-bond donors (Lipinski definition) is 0. The van der Waals surface area contributed by atoms with E-state index in [1.54, 1.807) is 0 Å². The highest BCUT2D eigenvalue weighted by Gasteiger charge is 2.19. The van der Waals surface area contributed by atoms with E-state index in [0.717, 1.165) is 22.9 Å². The SMILES string of the molecule is Cc1nc2n(n1)-c1ccccc1C=NC2C. The maximum atomic E-state index is 4.47. The van der Waals surface area contributed by atoms with Crippen LogP contribution in [0.5, 0.6) is 0 Å². The Labute approximate surface area is 93.7 Å². The summed E-state index contributed by atoms with van der Waals surface area (Å²) in [5.41, 5.74) is 2.13. The van der Waals surface area contributed by atoms with E-state index in [0.29, 0.717) is 0 Å². The first-order valence-corrected chi connectivity index (χ1v) is 5.32. The van der Waals surface area contributed by atoms with Gasteiger partial charge in [0.2, 0.25) is 0 Å². The highest BCUT2D eigenvalue weighted by atomic mass is 15.4. The van der Waals surface area contributed by atoms with Gasteiger partial charge < -0.3 is 0 Å². The molecule has 80 valence electrons. The summed E-state index contributed by atoms with van der Waals surface area (Å²) in [5.74, 6) is 1.69. The van der Waals surface area contributed by atoms with Crippen LogP contribution in [0, 0.1) is 6.92 Å². The van der Waals surface area contributed by atoms with E-state index in [1.165, 1.54) is 0 Å². The minimum Gasteiger partial charge on any atom is -0.281 e. The zero-order valence-electron chi connectivity index (χ0n) is 9.25. The summed E-state index contributed by atoms with van der Waals surface area (Å²) in [5, 5.41) is 4.43. The molecule has 1 aliphatic rings. The molecule has 0 spiro atoms. The second-order valence-corrected chi connectivity index (χ2v) is 3.94. The van der Waals surface area contributed by atoms with Gasteiger partial charge in [-0.25, -0.2) is 9.67 Å². The molecule has 0 fully saturated rings. The molecule has 1 unspecified atom stereocenters. The van der Waals surface area contributed by atoms with Gasteiger partial charge in [-0.1, -0.05) is 18.2 Å². The standard InChI is InChI=1S/C12H12N4/c1-8-12-14-9(2)15-16(12)11-6-4-3-5-10(11)7-13-8/h3-8H,1-2H3. The Balaban J connectivity index is 2.33. The van der Waals surface area contributed by atoms with Crippen molar-refractivity contribution in [3.63, 3.8) is 0 Å². The Morgan fingerprint density at radius 3 is 2.94 bits per heavy atom. The lowest BCUT2D eigenvalue weighted by molar-refractivity contribution is 0.701. The van der Waals surface area contributed by atoms with E-state index in [4.69, 9.17) is 0 Å². The quantitative estimate of drug-likeness (QED) is 0.671. The average molecular weight is 212 g/mol. The van der Waals surface area contributed by atoms with Crippen molar-refractivity contribution in [1.82, 2.24) is 14.8 Å². The Morgan fingerprint density at radius 1 is 1.25 bits per heavy atom. The molecule has 0 saturated heterocycles. The van der Waals surface area contributed by atoms with Crippen LogP contribution in [0.15, 0.2) is 29.3 Å². The highest BCUT2D eigenvalue weighted by Crippen LogP contribution is 2.23. The van der Waals surface area contributed by atoms with Gasteiger partial charge in [-0.3, -0.25) is 4.99 Å². The monoisotopic (exact) mass is 212 g/mol. The predicted octanol–water partition coefficient (Wildman–Crippen LogP) is 2.07. The molecule has 3 rings (SSSR count). The van der Waals surface area contributed by atoms with Crippen molar-refractivity contribution in [1.29, 1.82) is 0 Å². The molecule has 2 heterocycles. The number of aliphatic imine (C=N–C) groups is 1. The number of rotatable bonds is 0. The molecular formula is C12H12N4. The van der Waals surface area contributed by atoms with Gasteiger partial charge in [0.15, 0.2) is 5.82 Å². The lowest BCUT2D eigenvalue weighted by Crippen LogP contribution is -2.04. The molecule has 1 aromatic carbocycles. The third kappa shape index (κ3) is 1.26. The van der Waals surface area contributed by atoms with E-state index in [2.05, 4.69) is 15.1 Å². The molecule has 0 amide bonds. The Morgan fingerprint density at radius 2 is 2.06 bits per heavy atom. The predicted molar refractivity (Wildman–Crippen MR) is 62.1 cm³/mol. The number of aryl methyl sites for hydroxylation is 1. The van der Waals surface area contributed by atoms with Crippen molar-refractivity contribution in [2.24, 2.45) is 4.99 Å². The molecule has 0 bridgehead atoms. The average Bonchev–Trinajstić information content (AvgIpc) is 2.63. The van der Waals surface area contributed by atoms with Gasteiger partial charge in [0.1, 0.15) is 11.9 Å². The number of benzene rings is 1. The molecule has 4 heteroatoms. The molecule has 0 radical (unpaired) electrons. The molecule has 1 aliphatic heterocycles. The second kappa shape index (κ2) is 3.27. The highest BCUT2D eigenvalue weighted by molar-refractivity contribution is 5.85.